The molecule has 0 heterocycles. The van der Waals surface area contributed by atoms with Crippen LogP contribution >= 0.6 is 12.6 Å². The van der Waals surface area contributed by atoms with Gasteiger partial charge in [0.25, 0.3) is 0 Å². The van der Waals surface area contributed by atoms with Crippen molar-refractivity contribution in [3.63, 3.8) is 0 Å². The molecule has 4 N–H and O–H groups in total. The molecule has 0 radical (unpaired) electrons. The third-order valence-corrected chi connectivity index (χ3v) is 5.95. The van der Waals surface area contributed by atoms with Crippen LogP contribution in [0.5, 0.6) is 0 Å². The Balaban J connectivity index is 1.59. The number of thiol groups is 1. The Hall–Kier alpha value is -3.94. The van der Waals surface area contributed by atoms with Gasteiger partial charge in [-0.05, 0) is 34.5 Å². The van der Waals surface area contributed by atoms with Crippen LogP contribution < -0.4 is 16.4 Å². The molecule has 176 valence electrons. The average molecular weight is 484 g/mol. The molecule has 0 saturated carbocycles. The van der Waals surface area contributed by atoms with E-state index in [1.807, 2.05) is 48.5 Å². The molecule has 0 bridgehead atoms. The second-order valence-corrected chi connectivity index (χ2v) is 8.51. The minimum absolute atomic E-state index is 0.152. The number of carbonyl (C=O) groups is 3. The van der Waals surface area contributed by atoms with Gasteiger partial charge in [0.2, 0.25) is 11.8 Å². The second-order valence-electron chi connectivity index (χ2n) is 8.14. The minimum atomic E-state index is -0.784. The molecule has 1 atom stereocenters. The van der Waals surface area contributed by atoms with Gasteiger partial charge in [0, 0.05) is 22.6 Å². The molecule has 0 aromatic heterocycles. The highest BCUT2D eigenvalue weighted by Crippen LogP contribution is 2.25. The van der Waals surface area contributed by atoms with Crippen LogP contribution in [0.15, 0.2) is 91.0 Å². The van der Waals surface area contributed by atoms with E-state index in [0.29, 0.717) is 16.9 Å². The lowest BCUT2D eigenvalue weighted by molar-refractivity contribution is -0.117. The molecular weight excluding hydrogens is 458 g/mol. The molecule has 0 spiro atoms. The van der Waals surface area contributed by atoms with Crippen molar-refractivity contribution in [3.05, 3.63) is 108 Å². The van der Waals surface area contributed by atoms with Gasteiger partial charge < -0.3 is 16.4 Å². The van der Waals surface area contributed by atoms with Crippen LogP contribution in [-0.4, -0.2) is 29.4 Å². The van der Waals surface area contributed by atoms with Crippen molar-refractivity contribution in [1.82, 2.24) is 0 Å². The van der Waals surface area contributed by atoms with Crippen LogP contribution in [0.25, 0.3) is 10.8 Å². The molecule has 6 nitrogen and oxygen atoms in total. The third-order valence-electron chi connectivity index (χ3n) is 5.55. The fourth-order valence-corrected chi connectivity index (χ4v) is 3.88. The van der Waals surface area contributed by atoms with Crippen molar-refractivity contribution in [2.75, 3.05) is 16.4 Å². The summed E-state index contributed by atoms with van der Waals surface area (Å²) >= 11 is 4.05. The maximum Gasteiger partial charge on any atom is 0.242 e. The standard InChI is InChI=1S/C28H25N3O3S/c29-24(17-35)28(34)30-22-12-13-25(23(16-22)27(33)20-7-2-1-3-8-20)31-26(32)15-18-10-11-19-6-4-5-9-21(19)14-18/h1-14,16,24,35H,15,17,29H2,(H,30,34)(H,31,32)/t24-/m0/s1. The van der Waals surface area contributed by atoms with Crippen LogP contribution in [-0.2, 0) is 16.0 Å². The van der Waals surface area contributed by atoms with Crippen LogP contribution in [0.1, 0.15) is 21.5 Å². The number of fused-ring (bicyclic) bond motifs is 1. The number of benzene rings is 4. The normalized spacial score (nSPS) is 11.6. The number of anilines is 2. The molecule has 7 heteroatoms. The summed E-state index contributed by atoms with van der Waals surface area (Å²) in [6.07, 6.45) is 0.152. The molecule has 4 rings (SSSR count). The van der Waals surface area contributed by atoms with Crippen molar-refractivity contribution in [1.29, 1.82) is 0 Å². The Morgan fingerprint density at radius 3 is 2.26 bits per heavy atom. The molecule has 35 heavy (non-hydrogen) atoms. The predicted molar refractivity (Wildman–Crippen MR) is 143 cm³/mol. The summed E-state index contributed by atoms with van der Waals surface area (Å²) in [7, 11) is 0. The molecular formula is C28H25N3O3S. The number of nitrogens with one attached hydrogen (secondary N) is 2. The minimum Gasteiger partial charge on any atom is -0.325 e. The Labute approximate surface area is 208 Å². The van der Waals surface area contributed by atoms with Gasteiger partial charge in [-0.25, -0.2) is 0 Å². The molecule has 0 aliphatic heterocycles. The van der Waals surface area contributed by atoms with Gasteiger partial charge in [0.1, 0.15) is 0 Å². The zero-order valence-corrected chi connectivity index (χ0v) is 19.8. The van der Waals surface area contributed by atoms with Gasteiger partial charge in [-0.3, -0.25) is 14.4 Å². The maximum absolute atomic E-state index is 13.3. The first-order valence-electron chi connectivity index (χ1n) is 11.1. The number of amides is 2. The zero-order chi connectivity index (χ0) is 24.8. The molecule has 4 aromatic carbocycles. The van der Waals surface area contributed by atoms with Crippen molar-refractivity contribution in [2.45, 2.75) is 12.5 Å². The Morgan fingerprint density at radius 1 is 0.800 bits per heavy atom. The first-order valence-corrected chi connectivity index (χ1v) is 11.8. The second kappa shape index (κ2) is 11.0. The van der Waals surface area contributed by atoms with Crippen molar-refractivity contribution in [2.24, 2.45) is 5.73 Å². The van der Waals surface area contributed by atoms with E-state index in [9.17, 15) is 14.4 Å². The van der Waals surface area contributed by atoms with E-state index in [4.69, 9.17) is 5.73 Å². The van der Waals surface area contributed by atoms with Crippen LogP contribution in [0, 0.1) is 0 Å². The molecule has 0 aliphatic rings. The van der Waals surface area contributed by atoms with Crippen molar-refractivity contribution >= 4 is 52.4 Å². The lowest BCUT2D eigenvalue weighted by atomic mass is 10.0. The summed E-state index contributed by atoms with van der Waals surface area (Å²) < 4.78 is 0. The zero-order valence-electron chi connectivity index (χ0n) is 18.9. The molecule has 0 saturated heterocycles. The van der Waals surface area contributed by atoms with Gasteiger partial charge in [-0.2, -0.15) is 12.6 Å². The summed E-state index contributed by atoms with van der Waals surface area (Å²) in [5.41, 5.74) is 8.10. The van der Waals surface area contributed by atoms with Gasteiger partial charge in [0.05, 0.1) is 18.2 Å². The Morgan fingerprint density at radius 2 is 1.51 bits per heavy atom. The van der Waals surface area contributed by atoms with Crippen LogP contribution in [0.3, 0.4) is 0 Å². The maximum atomic E-state index is 13.3. The number of ketones is 1. The van der Waals surface area contributed by atoms with Crippen molar-refractivity contribution < 1.29 is 14.4 Å². The van der Waals surface area contributed by atoms with Crippen LogP contribution in [0.4, 0.5) is 11.4 Å². The molecule has 0 unspecified atom stereocenters. The molecule has 0 aliphatic carbocycles. The van der Waals surface area contributed by atoms with E-state index >= 15 is 0 Å². The lowest BCUT2D eigenvalue weighted by Gasteiger charge is -2.15. The van der Waals surface area contributed by atoms with E-state index in [-0.39, 0.29) is 29.4 Å². The van der Waals surface area contributed by atoms with Gasteiger partial charge in [0.15, 0.2) is 5.78 Å². The summed E-state index contributed by atoms with van der Waals surface area (Å²) in [5.74, 6) is -0.756. The largest absolute Gasteiger partial charge is 0.325 e. The summed E-state index contributed by atoms with van der Waals surface area (Å²) in [5, 5.41) is 7.71. The number of nitrogens with two attached hydrogens (primary N) is 1. The Bertz CT molecular complexity index is 1390. The van der Waals surface area contributed by atoms with Crippen LogP contribution in [0.2, 0.25) is 0 Å². The third kappa shape index (κ3) is 5.95. The number of hydrogen-bond donors (Lipinski definition) is 4. The monoisotopic (exact) mass is 483 g/mol. The van der Waals surface area contributed by atoms with E-state index in [0.717, 1.165) is 16.3 Å². The van der Waals surface area contributed by atoms with Gasteiger partial charge in [-0.1, -0.05) is 72.8 Å². The highest BCUT2D eigenvalue weighted by Gasteiger charge is 2.18. The highest BCUT2D eigenvalue weighted by atomic mass is 32.1. The fraction of sp³-hybridized carbons (Fsp3) is 0.107. The van der Waals surface area contributed by atoms with E-state index < -0.39 is 11.9 Å². The first-order chi connectivity index (χ1) is 16.9. The summed E-state index contributed by atoms with van der Waals surface area (Å²) in [4.78, 5) is 38.4. The van der Waals surface area contributed by atoms with Gasteiger partial charge >= 0.3 is 0 Å². The Kier molecular flexibility index (Phi) is 7.60. The molecule has 0 fully saturated rings. The van der Waals surface area contributed by atoms with Crippen molar-refractivity contribution in [3.8, 4) is 0 Å². The predicted octanol–water partition coefficient (Wildman–Crippen LogP) is 4.45. The smallest absolute Gasteiger partial charge is 0.242 e. The average Bonchev–Trinajstić information content (AvgIpc) is 2.89. The van der Waals surface area contributed by atoms with E-state index in [1.54, 1.807) is 42.5 Å². The van der Waals surface area contributed by atoms with Gasteiger partial charge in [-0.15, -0.1) is 0 Å². The molecule has 4 aromatic rings. The quantitative estimate of drug-likeness (QED) is 0.220. The van der Waals surface area contributed by atoms with E-state index in [1.165, 1.54) is 0 Å². The summed E-state index contributed by atoms with van der Waals surface area (Å²) in [6.45, 7) is 0. The fourth-order valence-electron chi connectivity index (χ4n) is 3.71. The number of carbonyl (C=O) groups excluding carboxylic acids is 3. The van der Waals surface area contributed by atoms with E-state index in [2.05, 4.69) is 23.3 Å². The highest BCUT2D eigenvalue weighted by molar-refractivity contribution is 7.80. The SMILES string of the molecule is N[C@@H](CS)C(=O)Nc1ccc(NC(=O)Cc2ccc3ccccc3c2)c(C(=O)c2ccccc2)c1. The lowest BCUT2D eigenvalue weighted by Crippen LogP contribution is -2.37. The topological polar surface area (TPSA) is 101 Å². The number of hydrogen-bond acceptors (Lipinski definition) is 5. The molecule has 2 amide bonds. The summed E-state index contributed by atoms with van der Waals surface area (Å²) in [6, 6.07) is 26.6. The number of rotatable bonds is 8. The first kappa shape index (κ1) is 24.2.